The van der Waals surface area contributed by atoms with Crippen molar-refractivity contribution in [2.24, 2.45) is 0 Å². The van der Waals surface area contributed by atoms with Crippen LogP contribution in [-0.2, 0) is 0 Å². The molecule has 0 fully saturated rings. The molecule has 0 aromatic carbocycles. The summed E-state index contributed by atoms with van der Waals surface area (Å²) in [5.74, 6) is 0.544. The minimum absolute atomic E-state index is 0.544. The van der Waals surface area contributed by atoms with Crippen LogP contribution in [0.1, 0.15) is 0 Å². The largest absolute Gasteiger partial charge is 0.384 e. The fraction of sp³-hybridized carbons (Fsp3) is 0. The molecule has 5 nitrogen and oxygen atoms in total. The van der Waals surface area contributed by atoms with Crippen molar-refractivity contribution in [3.05, 3.63) is 18.2 Å². The number of fused-ring (bicyclic) bond motifs is 1. The summed E-state index contributed by atoms with van der Waals surface area (Å²) in [7, 11) is 0. The minimum Gasteiger partial charge on any atom is -0.384 e. The standard InChI is InChI=1S/C5H5N5/c6-4-2-1-3-5-7-8-9-10(4)5/h1-3H,6H2. The first kappa shape index (κ1) is 5.16. The van der Waals surface area contributed by atoms with E-state index in [4.69, 9.17) is 5.73 Å². The Morgan fingerprint density at radius 3 is 3.10 bits per heavy atom. The van der Waals surface area contributed by atoms with E-state index >= 15 is 0 Å². The van der Waals surface area contributed by atoms with Gasteiger partial charge in [0.25, 0.3) is 0 Å². The molecule has 0 saturated carbocycles. The van der Waals surface area contributed by atoms with Crippen molar-refractivity contribution < 1.29 is 0 Å². The number of nitrogen functional groups attached to an aromatic ring is 1. The number of hydrogen-bond acceptors (Lipinski definition) is 4. The van der Waals surface area contributed by atoms with Gasteiger partial charge in [0.05, 0.1) is 0 Å². The monoisotopic (exact) mass is 135 g/mol. The summed E-state index contributed by atoms with van der Waals surface area (Å²) < 4.78 is 1.47. The second kappa shape index (κ2) is 1.66. The number of nitrogens with two attached hydrogens (primary N) is 1. The molecule has 2 rings (SSSR count). The summed E-state index contributed by atoms with van der Waals surface area (Å²) in [5.41, 5.74) is 6.19. The molecule has 0 aliphatic rings. The lowest BCUT2D eigenvalue weighted by Crippen LogP contribution is -1.96. The van der Waals surface area contributed by atoms with Crippen molar-refractivity contribution in [3.63, 3.8) is 0 Å². The number of tetrazole rings is 1. The van der Waals surface area contributed by atoms with Gasteiger partial charge in [-0.15, -0.1) is 5.10 Å². The zero-order valence-corrected chi connectivity index (χ0v) is 5.10. The number of rotatable bonds is 0. The van der Waals surface area contributed by atoms with Crippen LogP contribution in [0, 0.1) is 0 Å². The lowest BCUT2D eigenvalue weighted by molar-refractivity contribution is 0.830. The second-order valence-electron chi connectivity index (χ2n) is 1.90. The molecule has 10 heavy (non-hydrogen) atoms. The Balaban J connectivity index is 2.95. The number of anilines is 1. The molecule has 2 heterocycles. The molecule has 0 bridgehead atoms. The second-order valence-corrected chi connectivity index (χ2v) is 1.90. The highest BCUT2D eigenvalue weighted by molar-refractivity contribution is 5.44. The van der Waals surface area contributed by atoms with Crippen LogP contribution in [0.25, 0.3) is 5.65 Å². The molecule has 0 aliphatic carbocycles. The summed E-state index contributed by atoms with van der Waals surface area (Å²) >= 11 is 0. The van der Waals surface area contributed by atoms with E-state index in [9.17, 15) is 0 Å². The van der Waals surface area contributed by atoms with Crippen molar-refractivity contribution in [2.75, 3.05) is 5.73 Å². The van der Waals surface area contributed by atoms with Crippen LogP contribution < -0.4 is 5.73 Å². The van der Waals surface area contributed by atoms with E-state index in [-0.39, 0.29) is 0 Å². The zero-order valence-electron chi connectivity index (χ0n) is 5.10. The lowest BCUT2D eigenvalue weighted by atomic mass is 10.4. The number of hydrogen-bond donors (Lipinski definition) is 1. The highest BCUT2D eigenvalue weighted by Crippen LogP contribution is 2.01. The Kier molecular flexibility index (Phi) is 0.858. The van der Waals surface area contributed by atoms with E-state index in [1.165, 1.54) is 4.52 Å². The SMILES string of the molecule is Nc1cccc2nnnn12. The van der Waals surface area contributed by atoms with Gasteiger partial charge in [0.15, 0.2) is 5.65 Å². The molecule has 2 aromatic heterocycles. The first-order valence-corrected chi connectivity index (χ1v) is 2.80. The normalized spacial score (nSPS) is 10.4. The van der Waals surface area contributed by atoms with Crippen LogP contribution in [0.5, 0.6) is 0 Å². The van der Waals surface area contributed by atoms with Crippen LogP contribution >= 0.6 is 0 Å². The number of nitrogens with zero attached hydrogens (tertiary/aromatic N) is 4. The third-order valence-electron chi connectivity index (χ3n) is 1.25. The molecule has 0 atom stereocenters. The lowest BCUT2D eigenvalue weighted by Gasteiger charge is -1.91. The van der Waals surface area contributed by atoms with Crippen LogP contribution in [0.4, 0.5) is 5.82 Å². The fourth-order valence-electron chi connectivity index (χ4n) is 0.785. The van der Waals surface area contributed by atoms with Crippen molar-refractivity contribution in [1.82, 2.24) is 20.0 Å². The van der Waals surface area contributed by atoms with E-state index < -0.39 is 0 Å². The first-order chi connectivity index (χ1) is 4.88. The zero-order chi connectivity index (χ0) is 6.97. The van der Waals surface area contributed by atoms with Gasteiger partial charge in [0.1, 0.15) is 5.82 Å². The van der Waals surface area contributed by atoms with Crippen LogP contribution in [0.2, 0.25) is 0 Å². The smallest absolute Gasteiger partial charge is 0.181 e. The van der Waals surface area contributed by atoms with Gasteiger partial charge in [-0.2, -0.15) is 4.52 Å². The number of aromatic nitrogens is 4. The van der Waals surface area contributed by atoms with Crippen LogP contribution in [-0.4, -0.2) is 20.0 Å². The molecule has 0 saturated heterocycles. The molecule has 50 valence electrons. The number of pyridine rings is 1. The Bertz CT molecular complexity index is 352. The van der Waals surface area contributed by atoms with Gasteiger partial charge < -0.3 is 5.73 Å². The maximum Gasteiger partial charge on any atom is 0.181 e. The van der Waals surface area contributed by atoms with Gasteiger partial charge in [-0.25, -0.2) is 0 Å². The summed E-state index contributed by atoms with van der Waals surface area (Å²) in [6.45, 7) is 0. The van der Waals surface area contributed by atoms with Gasteiger partial charge in [-0.1, -0.05) is 6.07 Å². The molecule has 0 radical (unpaired) electrons. The highest BCUT2D eigenvalue weighted by Gasteiger charge is 1.96. The average molecular weight is 135 g/mol. The van der Waals surface area contributed by atoms with Gasteiger partial charge in [-0.3, -0.25) is 0 Å². The van der Waals surface area contributed by atoms with Gasteiger partial charge in [0, 0.05) is 0 Å². The Labute approximate surface area is 56.5 Å². The van der Waals surface area contributed by atoms with E-state index in [1.54, 1.807) is 18.2 Å². The third-order valence-corrected chi connectivity index (χ3v) is 1.25. The fourth-order valence-corrected chi connectivity index (χ4v) is 0.785. The van der Waals surface area contributed by atoms with E-state index in [1.807, 2.05) is 0 Å². The summed E-state index contributed by atoms with van der Waals surface area (Å²) in [6, 6.07) is 5.33. The molecule has 0 unspecified atom stereocenters. The van der Waals surface area contributed by atoms with Crippen molar-refractivity contribution >= 4 is 11.5 Å². The predicted octanol–water partition coefficient (Wildman–Crippen LogP) is -0.294. The van der Waals surface area contributed by atoms with Crippen molar-refractivity contribution in [2.45, 2.75) is 0 Å². The summed E-state index contributed by atoms with van der Waals surface area (Å²) in [4.78, 5) is 0. The third kappa shape index (κ3) is 0.540. The highest BCUT2D eigenvalue weighted by atomic mass is 15.5. The van der Waals surface area contributed by atoms with E-state index in [0.29, 0.717) is 11.5 Å². The molecular weight excluding hydrogens is 130 g/mol. The predicted molar refractivity (Wildman–Crippen MR) is 35.2 cm³/mol. The molecule has 2 N–H and O–H groups in total. The maximum atomic E-state index is 5.52. The van der Waals surface area contributed by atoms with Gasteiger partial charge >= 0.3 is 0 Å². The molecule has 0 spiro atoms. The van der Waals surface area contributed by atoms with Crippen LogP contribution in [0.3, 0.4) is 0 Å². The topological polar surface area (TPSA) is 69.1 Å². The van der Waals surface area contributed by atoms with Crippen molar-refractivity contribution in [3.8, 4) is 0 Å². The van der Waals surface area contributed by atoms with Gasteiger partial charge in [0.2, 0.25) is 0 Å². The quantitative estimate of drug-likeness (QED) is 0.538. The molecule has 5 heteroatoms. The molecular formula is C5H5N5. The van der Waals surface area contributed by atoms with Gasteiger partial charge in [-0.05, 0) is 22.6 Å². The van der Waals surface area contributed by atoms with E-state index in [0.717, 1.165) is 0 Å². The maximum absolute atomic E-state index is 5.52. The average Bonchev–Trinajstić information content (AvgIpc) is 2.36. The minimum atomic E-state index is 0.544. The van der Waals surface area contributed by atoms with Crippen LogP contribution in [0.15, 0.2) is 18.2 Å². The molecule has 0 amide bonds. The van der Waals surface area contributed by atoms with Crippen molar-refractivity contribution in [1.29, 1.82) is 0 Å². The van der Waals surface area contributed by atoms with E-state index in [2.05, 4.69) is 15.5 Å². The Hall–Kier alpha value is -1.65. The molecule has 2 aromatic rings. The Morgan fingerprint density at radius 2 is 2.30 bits per heavy atom. The molecule has 0 aliphatic heterocycles. The summed E-state index contributed by atoms with van der Waals surface area (Å²) in [6.07, 6.45) is 0. The Morgan fingerprint density at radius 1 is 1.40 bits per heavy atom. The first-order valence-electron chi connectivity index (χ1n) is 2.80. The summed E-state index contributed by atoms with van der Waals surface area (Å²) in [5, 5.41) is 10.8.